The number of carbonyl (C=O) groups excluding carboxylic acids is 2. The van der Waals surface area contributed by atoms with Crippen molar-refractivity contribution in [3.63, 3.8) is 0 Å². The van der Waals surface area contributed by atoms with E-state index in [1.165, 1.54) is 13.8 Å². The highest BCUT2D eigenvalue weighted by Gasteiger charge is 2.45. The van der Waals surface area contributed by atoms with Crippen molar-refractivity contribution in [3.8, 4) is 0 Å². The van der Waals surface area contributed by atoms with Gasteiger partial charge in [-0.3, -0.25) is 9.59 Å². The van der Waals surface area contributed by atoms with E-state index in [1.807, 2.05) is 6.92 Å². The zero-order chi connectivity index (χ0) is 17.4. The Labute approximate surface area is 139 Å². The zero-order valence-electron chi connectivity index (χ0n) is 13.8. The minimum atomic E-state index is -0.781. The van der Waals surface area contributed by atoms with Crippen LogP contribution in [0, 0.1) is 5.92 Å². The van der Waals surface area contributed by atoms with E-state index in [0.29, 0.717) is 0 Å². The van der Waals surface area contributed by atoms with E-state index >= 15 is 0 Å². The van der Waals surface area contributed by atoms with Crippen molar-refractivity contribution in [3.05, 3.63) is 10.4 Å². The monoisotopic (exact) mass is 345 g/mol. The van der Waals surface area contributed by atoms with Crippen LogP contribution < -0.4 is 0 Å². The van der Waals surface area contributed by atoms with Crippen LogP contribution in [0.25, 0.3) is 10.4 Å². The van der Waals surface area contributed by atoms with Gasteiger partial charge in [-0.2, -0.15) is 0 Å². The van der Waals surface area contributed by atoms with Crippen LogP contribution in [-0.2, 0) is 23.8 Å². The van der Waals surface area contributed by atoms with Crippen LogP contribution in [0.1, 0.15) is 34.1 Å². The average Bonchev–Trinajstić information content (AvgIpc) is 2.48. The molecular formula is C14H23N3O5S. The highest BCUT2D eigenvalue weighted by molar-refractivity contribution is 7.99. The third kappa shape index (κ3) is 5.93. The third-order valence-corrected chi connectivity index (χ3v) is 4.92. The first-order valence-corrected chi connectivity index (χ1v) is 8.57. The van der Waals surface area contributed by atoms with E-state index in [1.54, 1.807) is 11.8 Å². The summed E-state index contributed by atoms with van der Waals surface area (Å²) in [6.45, 7) is 6.47. The Morgan fingerprint density at radius 1 is 1.35 bits per heavy atom. The molecule has 1 aliphatic heterocycles. The maximum absolute atomic E-state index is 11.4. The SMILES string of the molecule is CCCS[C@H]1OC(COC(C)=O)[C@H](OC(C)=O)[C@H](N=[N+]=[N-])C1C. The quantitative estimate of drug-likeness (QED) is 0.303. The van der Waals surface area contributed by atoms with Gasteiger partial charge in [-0.15, -0.1) is 11.8 Å². The van der Waals surface area contributed by atoms with Crippen LogP contribution in [0.3, 0.4) is 0 Å². The molecule has 0 aromatic heterocycles. The van der Waals surface area contributed by atoms with Crippen LogP contribution in [0.2, 0.25) is 0 Å². The summed E-state index contributed by atoms with van der Waals surface area (Å²) < 4.78 is 16.3. The molecule has 0 aromatic carbocycles. The minimum absolute atomic E-state index is 0.0549. The molecule has 130 valence electrons. The minimum Gasteiger partial charge on any atom is -0.463 e. The molecule has 0 spiro atoms. The fraction of sp³-hybridized carbons (Fsp3) is 0.857. The van der Waals surface area contributed by atoms with Crippen molar-refractivity contribution in [1.82, 2.24) is 0 Å². The summed E-state index contributed by atoms with van der Waals surface area (Å²) in [6, 6.07) is -0.576. The fourth-order valence-electron chi connectivity index (χ4n) is 2.38. The lowest BCUT2D eigenvalue weighted by Gasteiger charge is -2.43. The fourth-order valence-corrected chi connectivity index (χ4v) is 3.53. The molecule has 0 saturated carbocycles. The average molecular weight is 345 g/mol. The Hall–Kier alpha value is -1.44. The Morgan fingerprint density at radius 2 is 2.04 bits per heavy atom. The molecule has 2 unspecified atom stereocenters. The molecule has 0 radical (unpaired) electrons. The number of thioether (sulfide) groups is 1. The maximum atomic E-state index is 11.4. The second kappa shape index (κ2) is 9.64. The molecule has 0 aromatic rings. The lowest BCUT2D eigenvalue weighted by Crippen LogP contribution is -2.55. The summed E-state index contributed by atoms with van der Waals surface area (Å²) in [7, 11) is 0. The van der Waals surface area contributed by atoms with Crippen molar-refractivity contribution < 1.29 is 23.8 Å². The van der Waals surface area contributed by atoms with E-state index in [2.05, 4.69) is 16.9 Å². The van der Waals surface area contributed by atoms with Crippen molar-refractivity contribution in [1.29, 1.82) is 0 Å². The Kier molecular flexibility index (Phi) is 8.22. The van der Waals surface area contributed by atoms with Gasteiger partial charge in [0.15, 0.2) is 0 Å². The summed E-state index contributed by atoms with van der Waals surface area (Å²) in [5.41, 5.74) is 8.62. The van der Waals surface area contributed by atoms with E-state index in [9.17, 15) is 9.59 Å². The van der Waals surface area contributed by atoms with Gasteiger partial charge in [0.1, 0.15) is 24.3 Å². The van der Waals surface area contributed by atoms with Crippen LogP contribution in [0.4, 0.5) is 0 Å². The highest BCUT2D eigenvalue weighted by atomic mass is 32.2. The summed E-state index contributed by atoms with van der Waals surface area (Å²) >= 11 is 1.61. The summed E-state index contributed by atoms with van der Waals surface area (Å²) in [4.78, 5) is 25.3. The number of esters is 2. The van der Waals surface area contributed by atoms with Crippen molar-refractivity contribution in [2.45, 2.75) is 57.8 Å². The zero-order valence-corrected chi connectivity index (χ0v) is 14.6. The van der Waals surface area contributed by atoms with Crippen LogP contribution >= 0.6 is 11.8 Å². The lowest BCUT2D eigenvalue weighted by atomic mass is 9.91. The molecule has 1 heterocycles. The first kappa shape index (κ1) is 19.6. The van der Waals surface area contributed by atoms with Crippen LogP contribution in [0.5, 0.6) is 0 Å². The van der Waals surface area contributed by atoms with Crippen LogP contribution in [-0.4, -0.2) is 48.0 Å². The molecule has 23 heavy (non-hydrogen) atoms. The van der Waals surface area contributed by atoms with Gasteiger partial charge in [0.05, 0.1) is 6.04 Å². The van der Waals surface area contributed by atoms with Gasteiger partial charge in [-0.25, -0.2) is 0 Å². The maximum Gasteiger partial charge on any atom is 0.303 e. The Balaban J connectivity index is 3.00. The molecule has 1 rings (SSSR count). The van der Waals surface area contributed by atoms with E-state index < -0.39 is 30.2 Å². The smallest absolute Gasteiger partial charge is 0.303 e. The first-order chi connectivity index (χ1) is 10.9. The Bertz CT molecular complexity index is 469. The number of hydrogen-bond donors (Lipinski definition) is 0. The van der Waals surface area contributed by atoms with Gasteiger partial charge >= 0.3 is 11.9 Å². The van der Waals surface area contributed by atoms with Crippen LogP contribution in [0.15, 0.2) is 5.11 Å². The number of carbonyl (C=O) groups is 2. The molecule has 0 aliphatic carbocycles. The largest absolute Gasteiger partial charge is 0.463 e. The highest BCUT2D eigenvalue weighted by Crippen LogP contribution is 2.36. The van der Waals surface area contributed by atoms with E-state index in [-0.39, 0.29) is 18.0 Å². The van der Waals surface area contributed by atoms with E-state index in [4.69, 9.17) is 19.7 Å². The summed E-state index contributed by atoms with van der Waals surface area (Å²) in [5, 5.41) is 3.80. The lowest BCUT2D eigenvalue weighted by molar-refractivity contribution is -0.182. The molecule has 0 N–H and O–H groups in total. The topological polar surface area (TPSA) is 111 Å². The molecule has 0 amide bonds. The van der Waals surface area contributed by atoms with E-state index in [0.717, 1.165) is 12.2 Å². The number of hydrogen-bond acceptors (Lipinski definition) is 7. The number of ether oxygens (including phenoxy) is 3. The number of nitrogens with zero attached hydrogens (tertiary/aromatic N) is 3. The molecular weight excluding hydrogens is 322 g/mol. The molecule has 1 fully saturated rings. The first-order valence-electron chi connectivity index (χ1n) is 7.52. The summed E-state index contributed by atoms with van der Waals surface area (Å²) in [5.74, 6) is -0.208. The van der Waals surface area contributed by atoms with Gasteiger partial charge in [-0.05, 0) is 17.7 Å². The van der Waals surface area contributed by atoms with Crippen molar-refractivity contribution in [2.24, 2.45) is 11.0 Å². The van der Waals surface area contributed by atoms with Gasteiger partial charge in [-0.1, -0.05) is 19.0 Å². The second-order valence-electron chi connectivity index (χ2n) is 5.34. The predicted molar refractivity (Wildman–Crippen MR) is 85.7 cm³/mol. The standard InChI is InChI=1S/C14H23N3O5S/c1-5-6-23-14-8(2)12(16-17-15)13(21-10(4)19)11(22-14)7-20-9(3)18/h8,11-14H,5-7H2,1-4H3/t8?,11?,12-,13+,14-/m1/s1. The van der Waals surface area contributed by atoms with Gasteiger partial charge in [0.25, 0.3) is 0 Å². The normalized spacial score (nSPS) is 30.2. The van der Waals surface area contributed by atoms with Gasteiger partial charge in [0, 0.05) is 24.7 Å². The predicted octanol–water partition coefficient (Wildman–Crippen LogP) is 2.66. The Morgan fingerprint density at radius 3 is 2.57 bits per heavy atom. The molecule has 0 bridgehead atoms. The molecule has 1 saturated heterocycles. The van der Waals surface area contributed by atoms with Gasteiger partial charge < -0.3 is 14.2 Å². The van der Waals surface area contributed by atoms with Gasteiger partial charge in [0.2, 0.25) is 0 Å². The number of rotatable bonds is 7. The third-order valence-electron chi connectivity index (χ3n) is 3.40. The molecule has 8 nitrogen and oxygen atoms in total. The van der Waals surface area contributed by atoms with Crippen molar-refractivity contribution in [2.75, 3.05) is 12.4 Å². The number of azide groups is 1. The molecule has 9 heteroatoms. The second-order valence-corrected chi connectivity index (χ2v) is 6.55. The van der Waals surface area contributed by atoms with Crippen molar-refractivity contribution >= 4 is 23.7 Å². The summed E-state index contributed by atoms with van der Waals surface area (Å²) in [6.07, 6.45) is -0.467. The molecule has 1 aliphatic rings. The molecule has 5 atom stereocenters.